The summed E-state index contributed by atoms with van der Waals surface area (Å²) in [6.07, 6.45) is 3.42. The van der Waals surface area contributed by atoms with Crippen LogP contribution in [0.2, 0.25) is 0 Å². The number of fused-ring (bicyclic) bond motifs is 1. The Labute approximate surface area is 191 Å². The van der Waals surface area contributed by atoms with Crippen molar-refractivity contribution in [2.75, 3.05) is 5.32 Å². The van der Waals surface area contributed by atoms with Gasteiger partial charge in [-0.2, -0.15) is 0 Å². The van der Waals surface area contributed by atoms with E-state index in [1.165, 1.54) is 6.92 Å². The molecule has 0 saturated heterocycles. The zero-order valence-electron chi connectivity index (χ0n) is 18.1. The number of nitrogens with one attached hydrogen (secondary N) is 1. The van der Waals surface area contributed by atoms with E-state index in [0.717, 1.165) is 39.1 Å². The molecule has 6 nitrogen and oxygen atoms in total. The normalized spacial score (nSPS) is 10.8. The highest BCUT2D eigenvalue weighted by atomic mass is 16.1. The molecule has 160 valence electrons. The molecule has 0 unspecified atom stereocenters. The molecule has 0 aliphatic carbocycles. The van der Waals surface area contributed by atoms with Crippen LogP contribution in [0.5, 0.6) is 0 Å². The lowest BCUT2D eigenvalue weighted by Crippen LogP contribution is -2.06. The zero-order valence-corrected chi connectivity index (χ0v) is 18.1. The van der Waals surface area contributed by atoms with Gasteiger partial charge in [-0.1, -0.05) is 48.5 Å². The highest BCUT2D eigenvalue weighted by Crippen LogP contribution is 2.34. The van der Waals surface area contributed by atoms with Crippen molar-refractivity contribution >= 4 is 22.5 Å². The summed E-state index contributed by atoms with van der Waals surface area (Å²) in [6, 6.07) is 25.6. The third-order valence-electron chi connectivity index (χ3n) is 5.35. The quantitative estimate of drug-likeness (QED) is 0.354. The van der Waals surface area contributed by atoms with Gasteiger partial charge in [-0.3, -0.25) is 14.8 Å². The molecule has 3 heterocycles. The smallest absolute Gasteiger partial charge is 0.178 e. The Kier molecular flexibility index (Phi) is 5.55. The Hall–Kier alpha value is -4.45. The summed E-state index contributed by atoms with van der Waals surface area (Å²) in [7, 11) is 0. The minimum Gasteiger partial charge on any atom is -0.364 e. The first-order valence-electron chi connectivity index (χ1n) is 10.7. The molecular weight excluding hydrogens is 410 g/mol. The van der Waals surface area contributed by atoms with E-state index in [9.17, 15) is 4.79 Å². The number of nitrogens with zero attached hydrogens (tertiary/aromatic N) is 4. The van der Waals surface area contributed by atoms with E-state index in [1.54, 1.807) is 18.5 Å². The lowest BCUT2D eigenvalue weighted by atomic mass is 10.0. The number of benzene rings is 2. The molecule has 5 aromatic rings. The maximum absolute atomic E-state index is 11.6. The minimum absolute atomic E-state index is 0.0776. The van der Waals surface area contributed by atoms with Crippen LogP contribution < -0.4 is 5.32 Å². The molecule has 0 fully saturated rings. The van der Waals surface area contributed by atoms with Crippen LogP contribution in [-0.2, 0) is 6.54 Å². The number of pyridine rings is 2. The average Bonchev–Trinajstić information content (AvgIpc) is 2.88. The SMILES string of the molecule is CC(=O)c1ccc(-c2nc(NCc3ccccn3)c3c(-c4ccccc4)cccc3n2)cn1. The molecule has 1 N–H and O–H groups in total. The van der Waals surface area contributed by atoms with Gasteiger partial charge in [0.15, 0.2) is 11.6 Å². The van der Waals surface area contributed by atoms with Crippen LogP contribution in [0.1, 0.15) is 23.1 Å². The van der Waals surface area contributed by atoms with E-state index in [2.05, 4.69) is 33.5 Å². The number of rotatable bonds is 6. The van der Waals surface area contributed by atoms with Crippen molar-refractivity contribution in [1.29, 1.82) is 0 Å². The Morgan fingerprint density at radius 2 is 1.67 bits per heavy atom. The number of Topliss-reactive ketones (excluding diaryl/α,β-unsaturated/α-hetero) is 1. The van der Waals surface area contributed by atoms with Crippen LogP contribution in [0.3, 0.4) is 0 Å². The molecule has 6 heteroatoms. The Morgan fingerprint density at radius 3 is 2.39 bits per heavy atom. The van der Waals surface area contributed by atoms with E-state index >= 15 is 0 Å². The summed E-state index contributed by atoms with van der Waals surface area (Å²) >= 11 is 0. The lowest BCUT2D eigenvalue weighted by Gasteiger charge is -2.14. The van der Waals surface area contributed by atoms with E-state index in [4.69, 9.17) is 9.97 Å². The fourth-order valence-electron chi connectivity index (χ4n) is 3.71. The van der Waals surface area contributed by atoms with Crippen LogP contribution in [-0.4, -0.2) is 25.7 Å². The molecule has 0 atom stereocenters. The molecule has 0 bridgehead atoms. The third-order valence-corrected chi connectivity index (χ3v) is 5.35. The molecule has 3 aromatic heterocycles. The van der Waals surface area contributed by atoms with Crippen LogP contribution in [0, 0.1) is 0 Å². The van der Waals surface area contributed by atoms with Gasteiger partial charge in [0, 0.05) is 24.9 Å². The maximum atomic E-state index is 11.6. The summed E-state index contributed by atoms with van der Waals surface area (Å²) in [6.45, 7) is 2.02. The highest BCUT2D eigenvalue weighted by Gasteiger charge is 2.15. The molecule has 0 spiro atoms. The van der Waals surface area contributed by atoms with Crippen LogP contribution in [0.4, 0.5) is 5.82 Å². The molecule has 0 radical (unpaired) electrons. The average molecular weight is 431 g/mol. The molecule has 2 aromatic carbocycles. The fraction of sp³-hybridized carbons (Fsp3) is 0.0741. The van der Waals surface area contributed by atoms with Gasteiger partial charge >= 0.3 is 0 Å². The highest BCUT2D eigenvalue weighted by molar-refractivity contribution is 6.02. The Morgan fingerprint density at radius 1 is 0.818 bits per heavy atom. The number of anilines is 1. The van der Waals surface area contributed by atoms with Crippen molar-refractivity contribution in [2.24, 2.45) is 0 Å². The van der Waals surface area contributed by atoms with Crippen LogP contribution >= 0.6 is 0 Å². The van der Waals surface area contributed by atoms with E-state index < -0.39 is 0 Å². The topological polar surface area (TPSA) is 80.7 Å². The summed E-state index contributed by atoms with van der Waals surface area (Å²) in [5.74, 6) is 1.18. The number of hydrogen-bond acceptors (Lipinski definition) is 6. The van der Waals surface area contributed by atoms with Crippen molar-refractivity contribution in [2.45, 2.75) is 13.5 Å². The fourth-order valence-corrected chi connectivity index (χ4v) is 3.71. The van der Waals surface area contributed by atoms with Gasteiger partial charge < -0.3 is 5.32 Å². The first kappa shape index (κ1) is 20.5. The zero-order chi connectivity index (χ0) is 22.6. The largest absolute Gasteiger partial charge is 0.364 e. The molecule has 0 aliphatic rings. The third kappa shape index (κ3) is 4.32. The van der Waals surface area contributed by atoms with Gasteiger partial charge in [-0.25, -0.2) is 9.97 Å². The van der Waals surface area contributed by atoms with Crippen molar-refractivity contribution in [3.8, 4) is 22.5 Å². The Balaban J connectivity index is 1.65. The van der Waals surface area contributed by atoms with Gasteiger partial charge in [-0.05, 0) is 41.5 Å². The number of hydrogen-bond donors (Lipinski definition) is 1. The number of ketones is 1. The van der Waals surface area contributed by atoms with Gasteiger partial charge in [0.2, 0.25) is 0 Å². The van der Waals surface area contributed by atoms with E-state index in [0.29, 0.717) is 18.1 Å². The van der Waals surface area contributed by atoms with E-state index in [1.807, 2.05) is 54.6 Å². The second kappa shape index (κ2) is 8.96. The molecular formula is C27H21N5O. The monoisotopic (exact) mass is 431 g/mol. The molecule has 0 aliphatic heterocycles. The summed E-state index contributed by atoms with van der Waals surface area (Å²) in [5, 5.41) is 4.41. The minimum atomic E-state index is -0.0776. The lowest BCUT2D eigenvalue weighted by molar-refractivity contribution is 0.101. The van der Waals surface area contributed by atoms with Gasteiger partial charge in [-0.15, -0.1) is 0 Å². The van der Waals surface area contributed by atoms with Crippen LogP contribution in [0.25, 0.3) is 33.4 Å². The molecule has 0 saturated carbocycles. The maximum Gasteiger partial charge on any atom is 0.178 e. The summed E-state index contributed by atoms with van der Waals surface area (Å²) < 4.78 is 0. The van der Waals surface area contributed by atoms with Gasteiger partial charge in [0.05, 0.1) is 23.1 Å². The van der Waals surface area contributed by atoms with Crippen molar-refractivity contribution in [3.05, 3.63) is 103 Å². The number of carbonyl (C=O) groups excluding carboxylic acids is 1. The van der Waals surface area contributed by atoms with Crippen LogP contribution in [0.15, 0.2) is 91.3 Å². The van der Waals surface area contributed by atoms with Crippen molar-refractivity contribution in [1.82, 2.24) is 19.9 Å². The van der Waals surface area contributed by atoms with Crippen molar-refractivity contribution in [3.63, 3.8) is 0 Å². The number of aromatic nitrogens is 4. The second-order valence-corrected chi connectivity index (χ2v) is 7.62. The Bertz CT molecular complexity index is 1420. The van der Waals surface area contributed by atoms with Gasteiger partial charge in [0.25, 0.3) is 0 Å². The standard InChI is InChI=1S/C27H21N5O/c1-18(33)23-14-13-20(16-29-23)26-31-24-12-7-11-22(19-8-3-2-4-9-19)25(24)27(32-26)30-17-21-10-5-6-15-28-21/h2-16H,17H2,1H3,(H,30,31,32). The first-order chi connectivity index (χ1) is 16.2. The number of carbonyl (C=O) groups is 1. The first-order valence-corrected chi connectivity index (χ1v) is 10.7. The molecule has 33 heavy (non-hydrogen) atoms. The molecule has 0 amide bonds. The predicted octanol–water partition coefficient (Wildman–Crippen LogP) is 5.57. The van der Waals surface area contributed by atoms with Crippen molar-refractivity contribution < 1.29 is 4.79 Å². The second-order valence-electron chi connectivity index (χ2n) is 7.62. The van der Waals surface area contributed by atoms with Gasteiger partial charge in [0.1, 0.15) is 11.5 Å². The summed E-state index contributed by atoms with van der Waals surface area (Å²) in [4.78, 5) is 30.0. The molecule has 5 rings (SSSR count). The predicted molar refractivity (Wildman–Crippen MR) is 130 cm³/mol. The summed E-state index contributed by atoms with van der Waals surface area (Å²) in [5.41, 5.74) is 5.03. The van der Waals surface area contributed by atoms with E-state index in [-0.39, 0.29) is 5.78 Å².